The summed E-state index contributed by atoms with van der Waals surface area (Å²) in [5.74, 6) is -3.70. The molecule has 0 aliphatic carbocycles. The number of carboxylic acids is 2. The van der Waals surface area contributed by atoms with Gasteiger partial charge in [-0.25, -0.2) is 4.79 Å². The molecule has 0 rings (SSSR count). The number of hydrogen-bond acceptors (Lipinski definition) is 6. The van der Waals surface area contributed by atoms with Crippen LogP contribution in [0, 0.1) is 0 Å². The molecular weight excluding hydrogens is 342 g/mol. The average Bonchev–Trinajstić information content (AvgIpc) is 2.47. The predicted octanol–water partition coefficient (Wildman–Crippen LogP) is -1.98. The maximum Gasteiger partial charge on any atom is 0.326 e. The predicted molar refractivity (Wildman–Crippen MR) is 85.6 cm³/mol. The van der Waals surface area contributed by atoms with Crippen molar-refractivity contribution in [2.75, 3.05) is 12.0 Å². The monoisotopic (exact) mass is 365 g/mol. The second-order valence-electron chi connectivity index (χ2n) is 5.23. The smallest absolute Gasteiger partial charge is 0.326 e. The van der Waals surface area contributed by atoms with E-state index < -0.39 is 53.1 Å². The van der Waals surface area contributed by atoms with Crippen LogP contribution >= 0.6 is 0 Å². The molecule has 0 bridgehead atoms. The summed E-state index contributed by atoms with van der Waals surface area (Å²) in [6.45, 7) is 1.34. The van der Waals surface area contributed by atoms with E-state index in [1.807, 2.05) is 0 Å². The third-order valence-electron chi connectivity index (χ3n) is 3.07. The van der Waals surface area contributed by atoms with Crippen LogP contribution in [0.3, 0.4) is 0 Å². The van der Waals surface area contributed by atoms with E-state index in [0.29, 0.717) is 0 Å². The minimum atomic E-state index is -1.27. The molecule has 0 spiro atoms. The highest BCUT2D eigenvalue weighted by molar-refractivity contribution is 7.90. The van der Waals surface area contributed by atoms with Crippen molar-refractivity contribution in [2.24, 2.45) is 5.73 Å². The summed E-state index contributed by atoms with van der Waals surface area (Å²) in [7, 11) is 0. The molecule has 0 fully saturated rings. The zero-order chi connectivity index (χ0) is 18.9. The summed E-state index contributed by atoms with van der Waals surface area (Å²) in [6.07, 6.45) is 1.03. The van der Waals surface area contributed by atoms with Crippen molar-refractivity contribution in [3.63, 3.8) is 0 Å². The van der Waals surface area contributed by atoms with Crippen LogP contribution < -0.4 is 16.4 Å². The molecule has 0 saturated carbocycles. The Morgan fingerprint density at radius 1 is 1.12 bits per heavy atom. The summed E-state index contributed by atoms with van der Waals surface area (Å²) in [4.78, 5) is 45.2. The van der Waals surface area contributed by atoms with Gasteiger partial charge in [0.1, 0.15) is 17.8 Å². The first-order valence-electron chi connectivity index (χ1n) is 7.15. The van der Waals surface area contributed by atoms with Crippen LogP contribution in [-0.2, 0) is 30.4 Å². The highest BCUT2D eigenvalue weighted by Gasteiger charge is 2.26. The highest BCUT2D eigenvalue weighted by Crippen LogP contribution is 1.99. The van der Waals surface area contributed by atoms with E-state index in [4.69, 9.17) is 15.9 Å². The maximum atomic E-state index is 11.9. The van der Waals surface area contributed by atoms with Gasteiger partial charge in [-0.05, 0) is 13.3 Å². The molecule has 0 aliphatic rings. The number of amides is 2. The van der Waals surface area contributed by atoms with Crippen molar-refractivity contribution in [3.8, 4) is 0 Å². The Balaban J connectivity index is 4.49. The minimum absolute atomic E-state index is 0.0109. The van der Waals surface area contributed by atoms with Gasteiger partial charge in [0, 0.05) is 12.8 Å². The van der Waals surface area contributed by atoms with Crippen LogP contribution in [0.1, 0.15) is 26.2 Å². The molecule has 1 unspecified atom stereocenters. The summed E-state index contributed by atoms with van der Waals surface area (Å²) in [5.41, 5.74) is 5.51. The quantitative estimate of drug-likeness (QED) is 0.261. The second-order valence-corrected chi connectivity index (χ2v) is 6.79. The number of carbonyl (C=O) groups excluding carboxylic acids is 2. The highest BCUT2D eigenvalue weighted by atomic mass is 32.2. The van der Waals surface area contributed by atoms with E-state index in [1.54, 1.807) is 0 Å². The molecule has 0 aromatic rings. The molecule has 0 saturated heterocycles. The summed E-state index contributed by atoms with van der Waals surface area (Å²) in [6, 6.07) is -3.36. The number of aliphatic carboxylic acids is 2. The minimum Gasteiger partial charge on any atom is -0.617 e. The lowest BCUT2D eigenvalue weighted by atomic mass is 10.1. The molecule has 11 heteroatoms. The normalized spacial score (nSPS) is 15.7. The Labute approximate surface area is 142 Å². The third-order valence-corrected chi connectivity index (χ3v) is 3.88. The van der Waals surface area contributed by atoms with Gasteiger partial charge >= 0.3 is 11.9 Å². The molecular formula is C13H23N3O7S. The number of hydrogen-bond donors (Lipinski definition) is 5. The van der Waals surface area contributed by atoms with Gasteiger partial charge in [-0.15, -0.1) is 0 Å². The number of rotatable bonds is 11. The fourth-order valence-corrected chi connectivity index (χ4v) is 2.20. The van der Waals surface area contributed by atoms with Crippen LogP contribution in [0.25, 0.3) is 0 Å². The summed E-state index contributed by atoms with van der Waals surface area (Å²) < 4.78 is 11.0. The SMILES string of the molecule is C[C@H](NC(=O)[C@@H](N)CCC(=O)O)C(=O)N[C@@H](CC[S+](C)[O-])C(=O)O. The maximum absolute atomic E-state index is 11.9. The van der Waals surface area contributed by atoms with Gasteiger partial charge in [0.05, 0.1) is 12.3 Å². The summed E-state index contributed by atoms with van der Waals surface area (Å²) >= 11 is -1.20. The van der Waals surface area contributed by atoms with Gasteiger partial charge in [-0.3, -0.25) is 14.4 Å². The standard InChI is InChI=1S/C13H23N3O7S/c1-7(15-12(20)8(14)3-4-10(17)18)11(19)16-9(13(21)22)5-6-24(2)23/h7-9H,3-6,14H2,1-2H3,(H,15,20)(H,16,19)(H,17,18)(H,21,22)/t7-,8-,9-,24?/m0/s1. The molecule has 10 nitrogen and oxygen atoms in total. The van der Waals surface area contributed by atoms with Gasteiger partial charge in [0.2, 0.25) is 11.8 Å². The molecule has 0 heterocycles. The van der Waals surface area contributed by atoms with Crippen LogP contribution in [0.2, 0.25) is 0 Å². The summed E-state index contributed by atoms with van der Waals surface area (Å²) in [5, 5.41) is 22.1. The molecule has 6 N–H and O–H groups in total. The Bertz CT molecular complexity index is 472. The number of nitrogens with two attached hydrogens (primary N) is 1. The molecule has 0 aliphatic heterocycles. The lowest BCUT2D eigenvalue weighted by Crippen LogP contribution is -2.53. The van der Waals surface area contributed by atoms with Crippen molar-refractivity contribution in [1.29, 1.82) is 0 Å². The lowest BCUT2D eigenvalue weighted by molar-refractivity contribution is -0.142. The van der Waals surface area contributed by atoms with Crippen molar-refractivity contribution in [1.82, 2.24) is 10.6 Å². The molecule has 24 heavy (non-hydrogen) atoms. The number of nitrogens with one attached hydrogen (secondary N) is 2. The molecule has 0 aromatic heterocycles. The zero-order valence-corrected chi connectivity index (χ0v) is 14.3. The third kappa shape index (κ3) is 9.33. The Hall–Kier alpha value is -1.85. The fourth-order valence-electron chi connectivity index (χ4n) is 1.63. The van der Waals surface area contributed by atoms with Gasteiger partial charge in [-0.1, -0.05) is 11.2 Å². The average molecular weight is 365 g/mol. The van der Waals surface area contributed by atoms with E-state index in [1.165, 1.54) is 13.2 Å². The van der Waals surface area contributed by atoms with E-state index >= 15 is 0 Å². The lowest BCUT2D eigenvalue weighted by Gasteiger charge is -2.20. The first-order chi connectivity index (χ1) is 11.0. The fraction of sp³-hybridized carbons (Fsp3) is 0.692. The molecule has 0 radical (unpaired) electrons. The van der Waals surface area contributed by atoms with Crippen LogP contribution in [0.15, 0.2) is 0 Å². The van der Waals surface area contributed by atoms with E-state index in [0.717, 1.165) is 0 Å². The van der Waals surface area contributed by atoms with Crippen LogP contribution in [0.5, 0.6) is 0 Å². The second kappa shape index (κ2) is 10.8. The van der Waals surface area contributed by atoms with Crippen molar-refractivity contribution >= 4 is 34.9 Å². The van der Waals surface area contributed by atoms with E-state index in [-0.39, 0.29) is 25.0 Å². The Morgan fingerprint density at radius 3 is 2.17 bits per heavy atom. The van der Waals surface area contributed by atoms with Gasteiger partial charge in [0.15, 0.2) is 0 Å². The molecule has 2 amide bonds. The Morgan fingerprint density at radius 2 is 1.71 bits per heavy atom. The van der Waals surface area contributed by atoms with Crippen LogP contribution in [-0.4, -0.2) is 68.7 Å². The molecule has 0 aromatic carbocycles. The van der Waals surface area contributed by atoms with Gasteiger partial charge < -0.3 is 31.1 Å². The van der Waals surface area contributed by atoms with E-state index in [9.17, 15) is 23.7 Å². The largest absolute Gasteiger partial charge is 0.617 e. The first-order valence-corrected chi connectivity index (χ1v) is 8.88. The Kier molecular flexibility index (Phi) is 10.0. The molecule has 138 valence electrons. The topological polar surface area (TPSA) is 182 Å². The molecule has 4 atom stereocenters. The van der Waals surface area contributed by atoms with Crippen molar-refractivity contribution < 1.29 is 33.9 Å². The van der Waals surface area contributed by atoms with Crippen molar-refractivity contribution in [3.05, 3.63) is 0 Å². The first kappa shape index (κ1) is 22.1. The number of carbonyl (C=O) groups is 4. The van der Waals surface area contributed by atoms with Gasteiger partial charge in [0.25, 0.3) is 0 Å². The zero-order valence-electron chi connectivity index (χ0n) is 13.5. The van der Waals surface area contributed by atoms with Gasteiger partial charge in [-0.2, -0.15) is 0 Å². The van der Waals surface area contributed by atoms with Crippen molar-refractivity contribution in [2.45, 2.75) is 44.3 Å². The van der Waals surface area contributed by atoms with Crippen LogP contribution in [0.4, 0.5) is 0 Å². The number of carboxylic acid groups (broad SMARTS) is 2. The van der Waals surface area contributed by atoms with E-state index in [2.05, 4.69) is 10.6 Å².